The highest BCUT2D eigenvalue weighted by molar-refractivity contribution is 8.13. The molecule has 1 aromatic carbocycles. The molecule has 3 heteroatoms. The molecule has 1 aromatic rings. The van der Waals surface area contributed by atoms with Crippen LogP contribution < -0.4 is 5.32 Å². The molecule has 0 amide bonds. The zero-order valence-electron chi connectivity index (χ0n) is 11.4. The number of aliphatic imine (C=N–C) groups is 1. The van der Waals surface area contributed by atoms with Crippen LogP contribution in [0.2, 0.25) is 0 Å². The lowest BCUT2D eigenvalue weighted by Gasteiger charge is -2.28. The normalized spacial score (nSPS) is 26.1. The van der Waals surface area contributed by atoms with Gasteiger partial charge >= 0.3 is 0 Å². The molecule has 2 rings (SSSR count). The summed E-state index contributed by atoms with van der Waals surface area (Å²) in [6.45, 7) is 7.47. The summed E-state index contributed by atoms with van der Waals surface area (Å²) in [6, 6.07) is 9.29. The molecule has 2 unspecified atom stereocenters. The fourth-order valence-electron chi connectivity index (χ4n) is 1.87. The predicted molar refractivity (Wildman–Crippen MR) is 81.2 cm³/mol. The van der Waals surface area contributed by atoms with Crippen molar-refractivity contribution in [1.82, 2.24) is 5.32 Å². The first-order valence-corrected chi connectivity index (χ1v) is 7.69. The van der Waals surface area contributed by atoms with E-state index in [0.29, 0.717) is 6.04 Å². The molecule has 98 valence electrons. The monoisotopic (exact) mass is 262 g/mol. The van der Waals surface area contributed by atoms with Crippen molar-refractivity contribution < 1.29 is 0 Å². The number of aryl methyl sites for hydroxylation is 1. The van der Waals surface area contributed by atoms with E-state index in [9.17, 15) is 0 Å². The Balaban J connectivity index is 1.93. The summed E-state index contributed by atoms with van der Waals surface area (Å²) in [5, 5.41) is 4.57. The van der Waals surface area contributed by atoms with Gasteiger partial charge in [0, 0.05) is 11.8 Å². The molecular formula is C15H22N2S. The fourth-order valence-corrected chi connectivity index (χ4v) is 3.00. The Morgan fingerprint density at radius 2 is 1.89 bits per heavy atom. The van der Waals surface area contributed by atoms with E-state index >= 15 is 0 Å². The molecule has 0 spiro atoms. The van der Waals surface area contributed by atoms with Crippen LogP contribution in [0.5, 0.6) is 0 Å². The third-order valence-corrected chi connectivity index (χ3v) is 4.74. The van der Waals surface area contributed by atoms with E-state index in [1.54, 1.807) is 0 Å². The SMILES string of the molecule is CCc1ccc(CN=C2NC(C)C(C)CS2)cc1. The lowest BCUT2D eigenvalue weighted by molar-refractivity contribution is 0.490. The van der Waals surface area contributed by atoms with Gasteiger partial charge in [-0.15, -0.1) is 0 Å². The summed E-state index contributed by atoms with van der Waals surface area (Å²) < 4.78 is 0. The average Bonchev–Trinajstić information content (AvgIpc) is 2.41. The van der Waals surface area contributed by atoms with Gasteiger partial charge in [0.05, 0.1) is 6.54 Å². The summed E-state index contributed by atoms with van der Waals surface area (Å²) in [5.41, 5.74) is 2.67. The van der Waals surface area contributed by atoms with Crippen LogP contribution in [0.4, 0.5) is 0 Å². The first-order valence-electron chi connectivity index (χ1n) is 6.70. The van der Waals surface area contributed by atoms with E-state index < -0.39 is 0 Å². The van der Waals surface area contributed by atoms with Crippen LogP contribution in [0.25, 0.3) is 0 Å². The number of amidine groups is 1. The number of hydrogen-bond donors (Lipinski definition) is 1. The quantitative estimate of drug-likeness (QED) is 0.902. The number of hydrogen-bond acceptors (Lipinski definition) is 2. The van der Waals surface area contributed by atoms with Crippen molar-refractivity contribution >= 4 is 16.9 Å². The van der Waals surface area contributed by atoms with E-state index in [1.165, 1.54) is 16.9 Å². The van der Waals surface area contributed by atoms with E-state index in [0.717, 1.165) is 24.1 Å². The van der Waals surface area contributed by atoms with Gasteiger partial charge in [0.2, 0.25) is 0 Å². The second-order valence-electron chi connectivity index (χ2n) is 5.01. The maximum Gasteiger partial charge on any atom is 0.157 e. The predicted octanol–water partition coefficient (Wildman–Crippen LogP) is 3.47. The molecule has 1 fully saturated rings. The molecule has 18 heavy (non-hydrogen) atoms. The molecule has 2 nitrogen and oxygen atoms in total. The minimum absolute atomic E-state index is 0.535. The smallest absolute Gasteiger partial charge is 0.157 e. The molecule has 0 saturated carbocycles. The first-order chi connectivity index (χ1) is 8.69. The van der Waals surface area contributed by atoms with Crippen LogP contribution in [0.1, 0.15) is 31.9 Å². The van der Waals surface area contributed by atoms with Gasteiger partial charge in [-0.3, -0.25) is 4.99 Å². The second-order valence-corrected chi connectivity index (χ2v) is 6.02. The molecular weight excluding hydrogens is 240 g/mol. The van der Waals surface area contributed by atoms with Gasteiger partial charge < -0.3 is 5.32 Å². The van der Waals surface area contributed by atoms with Crippen LogP contribution in [0.3, 0.4) is 0 Å². The average molecular weight is 262 g/mol. The highest BCUT2D eigenvalue weighted by atomic mass is 32.2. The minimum atomic E-state index is 0.535. The summed E-state index contributed by atoms with van der Waals surface area (Å²) in [6.07, 6.45) is 1.10. The number of nitrogens with one attached hydrogen (secondary N) is 1. The lowest BCUT2D eigenvalue weighted by Crippen LogP contribution is -2.41. The molecule has 0 bridgehead atoms. The van der Waals surface area contributed by atoms with Gasteiger partial charge in [-0.25, -0.2) is 0 Å². The Kier molecular flexibility index (Phi) is 4.70. The first kappa shape index (κ1) is 13.5. The molecule has 0 radical (unpaired) electrons. The van der Waals surface area contributed by atoms with E-state index in [4.69, 9.17) is 0 Å². The minimum Gasteiger partial charge on any atom is -0.362 e. The van der Waals surface area contributed by atoms with Crippen LogP contribution in [0, 0.1) is 5.92 Å². The van der Waals surface area contributed by atoms with E-state index in [1.807, 2.05) is 11.8 Å². The number of benzene rings is 1. The van der Waals surface area contributed by atoms with Crippen molar-refractivity contribution in [3.05, 3.63) is 35.4 Å². The highest BCUT2D eigenvalue weighted by Crippen LogP contribution is 2.19. The van der Waals surface area contributed by atoms with Crippen LogP contribution in [-0.4, -0.2) is 17.0 Å². The van der Waals surface area contributed by atoms with Gasteiger partial charge in [0.1, 0.15) is 0 Å². The third-order valence-electron chi connectivity index (χ3n) is 3.52. The molecule has 0 aliphatic carbocycles. The van der Waals surface area contributed by atoms with Crippen LogP contribution in [0.15, 0.2) is 29.3 Å². The van der Waals surface area contributed by atoms with Gasteiger partial charge in [-0.05, 0) is 30.4 Å². The zero-order chi connectivity index (χ0) is 13.0. The molecule has 1 saturated heterocycles. The molecule has 0 aromatic heterocycles. The molecule has 2 atom stereocenters. The Morgan fingerprint density at radius 3 is 2.50 bits per heavy atom. The Morgan fingerprint density at radius 1 is 1.22 bits per heavy atom. The molecule has 1 aliphatic heterocycles. The van der Waals surface area contributed by atoms with E-state index in [-0.39, 0.29) is 0 Å². The van der Waals surface area contributed by atoms with Crippen molar-refractivity contribution in [3.63, 3.8) is 0 Å². The summed E-state index contributed by atoms with van der Waals surface area (Å²) in [4.78, 5) is 4.66. The number of rotatable bonds is 3. The molecule has 1 N–H and O–H groups in total. The zero-order valence-corrected chi connectivity index (χ0v) is 12.3. The highest BCUT2D eigenvalue weighted by Gasteiger charge is 2.20. The Labute approximate surface area is 114 Å². The maximum atomic E-state index is 4.66. The van der Waals surface area contributed by atoms with E-state index in [2.05, 4.69) is 55.3 Å². The van der Waals surface area contributed by atoms with Crippen molar-refractivity contribution in [2.24, 2.45) is 10.9 Å². The van der Waals surface area contributed by atoms with Crippen molar-refractivity contribution in [3.8, 4) is 0 Å². The fraction of sp³-hybridized carbons (Fsp3) is 0.533. The third kappa shape index (κ3) is 3.52. The summed E-state index contributed by atoms with van der Waals surface area (Å²) >= 11 is 1.84. The largest absolute Gasteiger partial charge is 0.362 e. The summed E-state index contributed by atoms with van der Waals surface area (Å²) in [5.74, 6) is 1.89. The number of thioether (sulfide) groups is 1. The van der Waals surface area contributed by atoms with Crippen molar-refractivity contribution in [2.45, 2.75) is 39.8 Å². The topological polar surface area (TPSA) is 24.4 Å². The van der Waals surface area contributed by atoms with Gasteiger partial charge in [-0.1, -0.05) is 49.9 Å². The van der Waals surface area contributed by atoms with Crippen molar-refractivity contribution in [1.29, 1.82) is 0 Å². The van der Waals surface area contributed by atoms with Crippen molar-refractivity contribution in [2.75, 3.05) is 5.75 Å². The summed E-state index contributed by atoms with van der Waals surface area (Å²) in [7, 11) is 0. The second kappa shape index (κ2) is 6.28. The number of nitrogens with zero attached hydrogens (tertiary/aromatic N) is 1. The standard InChI is InChI=1S/C15H22N2S/c1-4-13-5-7-14(8-6-13)9-16-15-17-12(3)11(2)10-18-15/h5-8,11-12H,4,9-10H2,1-3H3,(H,16,17). The molecule has 1 heterocycles. The maximum absolute atomic E-state index is 4.66. The lowest BCUT2D eigenvalue weighted by atomic mass is 10.1. The Hall–Kier alpha value is -0.960. The Bertz CT molecular complexity index is 411. The van der Waals surface area contributed by atoms with Gasteiger partial charge in [0.25, 0.3) is 0 Å². The van der Waals surface area contributed by atoms with Gasteiger partial charge in [0.15, 0.2) is 5.17 Å². The molecule has 1 aliphatic rings. The van der Waals surface area contributed by atoms with Crippen LogP contribution in [-0.2, 0) is 13.0 Å². The van der Waals surface area contributed by atoms with Gasteiger partial charge in [-0.2, -0.15) is 0 Å². The van der Waals surface area contributed by atoms with Crippen LogP contribution >= 0.6 is 11.8 Å².